The van der Waals surface area contributed by atoms with Crippen LogP contribution in [0.15, 0.2) is 33.8 Å². The Bertz CT molecular complexity index is 568. The summed E-state index contributed by atoms with van der Waals surface area (Å²) in [6, 6.07) is 8.52. The molecule has 0 bridgehead atoms. The summed E-state index contributed by atoms with van der Waals surface area (Å²) in [5, 5.41) is 5.50. The summed E-state index contributed by atoms with van der Waals surface area (Å²) >= 11 is 0. The van der Waals surface area contributed by atoms with Gasteiger partial charge in [-0.1, -0.05) is 18.2 Å². The Balaban J connectivity index is 2.14. The lowest BCUT2D eigenvalue weighted by Crippen LogP contribution is -2.13. The van der Waals surface area contributed by atoms with Gasteiger partial charge in [-0.15, -0.1) is 0 Å². The second-order valence-electron chi connectivity index (χ2n) is 4.35. The average molecular weight is 214 g/mol. The molecule has 0 saturated heterocycles. The number of nitrogens with zero attached hydrogens (tertiary/aromatic N) is 1. The van der Waals surface area contributed by atoms with Crippen LogP contribution in [-0.2, 0) is 0 Å². The molecule has 3 heteroatoms. The van der Waals surface area contributed by atoms with Gasteiger partial charge in [-0.3, -0.25) is 0 Å². The van der Waals surface area contributed by atoms with Crippen molar-refractivity contribution < 1.29 is 4.42 Å². The number of rotatable bonds is 1. The number of furan rings is 1. The van der Waals surface area contributed by atoms with E-state index in [-0.39, 0.29) is 0 Å². The molecule has 0 aliphatic carbocycles. The molecule has 82 valence electrons. The Morgan fingerprint density at radius 3 is 2.88 bits per heavy atom. The van der Waals surface area contributed by atoms with Gasteiger partial charge < -0.3 is 9.84 Å². The third kappa shape index (κ3) is 1.32. The van der Waals surface area contributed by atoms with Gasteiger partial charge in [-0.25, -0.2) is 0 Å². The predicted molar refractivity (Wildman–Crippen MR) is 64.7 cm³/mol. The topological polar surface area (TPSA) is 37.5 Å². The summed E-state index contributed by atoms with van der Waals surface area (Å²) in [6.45, 7) is 4.21. The van der Waals surface area contributed by atoms with Crippen molar-refractivity contribution in [2.45, 2.75) is 26.3 Å². The van der Waals surface area contributed by atoms with Crippen LogP contribution in [0.1, 0.15) is 24.7 Å². The van der Waals surface area contributed by atoms with Crippen molar-refractivity contribution >= 4 is 16.7 Å². The second kappa shape index (κ2) is 3.37. The first kappa shape index (κ1) is 9.46. The summed E-state index contributed by atoms with van der Waals surface area (Å²) in [6.07, 6.45) is 0.931. The highest BCUT2D eigenvalue weighted by Crippen LogP contribution is 2.27. The number of hydrazone groups is 1. The van der Waals surface area contributed by atoms with Gasteiger partial charge in [0.15, 0.2) is 5.76 Å². The molecule has 3 rings (SSSR count). The lowest BCUT2D eigenvalue weighted by Gasteiger charge is -1.98. The molecule has 0 saturated carbocycles. The van der Waals surface area contributed by atoms with Crippen LogP contribution in [0.3, 0.4) is 0 Å². The van der Waals surface area contributed by atoms with Crippen LogP contribution in [-0.4, -0.2) is 11.8 Å². The Morgan fingerprint density at radius 1 is 1.38 bits per heavy atom. The highest BCUT2D eigenvalue weighted by Gasteiger charge is 2.21. The normalized spacial score (nSPS) is 19.9. The van der Waals surface area contributed by atoms with Crippen LogP contribution in [0.5, 0.6) is 0 Å². The van der Waals surface area contributed by atoms with Crippen LogP contribution >= 0.6 is 0 Å². The van der Waals surface area contributed by atoms with E-state index in [9.17, 15) is 0 Å². The Morgan fingerprint density at radius 2 is 2.19 bits per heavy atom. The van der Waals surface area contributed by atoms with Gasteiger partial charge in [0.1, 0.15) is 11.3 Å². The molecule has 0 spiro atoms. The molecular weight excluding hydrogens is 200 g/mol. The van der Waals surface area contributed by atoms with Crippen LogP contribution in [0, 0.1) is 6.92 Å². The molecule has 2 heterocycles. The number of para-hydroxylation sites is 1. The summed E-state index contributed by atoms with van der Waals surface area (Å²) in [4.78, 5) is 0. The van der Waals surface area contributed by atoms with Gasteiger partial charge in [0.05, 0.1) is 0 Å². The van der Waals surface area contributed by atoms with E-state index in [0.29, 0.717) is 6.04 Å². The molecule has 1 aliphatic rings. The maximum Gasteiger partial charge on any atom is 0.154 e. The minimum absolute atomic E-state index is 0.405. The van der Waals surface area contributed by atoms with Gasteiger partial charge in [0, 0.05) is 23.4 Å². The van der Waals surface area contributed by atoms with E-state index in [1.165, 1.54) is 10.9 Å². The summed E-state index contributed by atoms with van der Waals surface area (Å²) in [5.74, 6) is 0.929. The first-order chi connectivity index (χ1) is 7.75. The monoisotopic (exact) mass is 214 g/mol. The standard InChI is InChI=1S/C13H14N2O/c1-8-7-11(15-14-8)13-9(2)10-5-3-4-6-12(10)16-13/h3-6,8,14H,7H2,1-2H3. The number of nitrogens with one attached hydrogen (secondary N) is 1. The van der Waals surface area contributed by atoms with Crippen LogP contribution in [0.2, 0.25) is 0 Å². The smallest absolute Gasteiger partial charge is 0.154 e. The van der Waals surface area contributed by atoms with E-state index in [0.717, 1.165) is 23.5 Å². The number of fused-ring (bicyclic) bond motifs is 1. The van der Waals surface area contributed by atoms with Gasteiger partial charge in [-0.05, 0) is 19.9 Å². The van der Waals surface area contributed by atoms with Crippen molar-refractivity contribution in [2.75, 3.05) is 0 Å². The molecule has 0 radical (unpaired) electrons. The van der Waals surface area contributed by atoms with Gasteiger partial charge in [0.2, 0.25) is 0 Å². The minimum Gasteiger partial charge on any atom is -0.454 e. The molecule has 2 aromatic rings. The average Bonchev–Trinajstić information content (AvgIpc) is 2.84. The predicted octanol–water partition coefficient (Wildman–Crippen LogP) is 2.83. The highest BCUT2D eigenvalue weighted by atomic mass is 16.3. The maximum atomic E-state index is 5.86. The molecule has 3 nitrogen and oxygen atoms in total. The molecule has 1 aromatic carbocycles. The maximum absolute atomic E-state index is 5.86. The summed E-state index contributed by atoms with van der Waals surface area (Å²) in [7, 11) is 0. The third-order valence-electron chi connectivity index (χ3n) is 3.03. The van der Waals surface area contributed by atoms with Crippen LogP contribution < -0.4 is 5.43 Å². The van der Waals surface area contributed by atoms with E-state index in [4.69, 9.17) is 4.42 Å². The van der Waals surface area contributed by atoms with E-state index in [1.807, 2.05) is 18.2 Å². The number of hydrogen-bond donors (Lipinski definition) is 1. The van der Waals surface area contributed by atoms with Crippen molar-refractivity contribution in [2.24, 2.45) is 5.10 Å². The van der Waals surface area contributed by atoms with Crippen molar-refractivity contribution in [3.05, 3.63) is 35.6 Å². The Labute approximate surface area is 94.1 Å². The lowest BCUT2D eigenvalue weighted by molar-refractivity contribution is 0.599. The van der Waals surface area contributed by atoms with Crippen LogP contribution in [0.4, 0.5) is 0 Å². The Hall–Kier alpha value is -1.77. The van der Waals surface area contributed by atoms with E-state index in [2.05, 4.69) is 30.4 Å². The largest absolute Gasteiger partial charge is 0.454 e. The minimum atomic E-state index is 0.405. The fourth-order valence-electron chi connectivity index (χ4n) is 2.16. The first-order valence-electron chi connectivity index (χ1n) is 5.56. The zero-order valence-corrected chi connectivity index (χ0v) is 9.45. The molecule has 0 amide bonds. The molecule has 0 fully saturated rings. The zero-order valence-electron chi connectivity index (χ0n) is 9.45. The fourth-order valence-corrected chi connectivity index (χ4v) is 2.16. The van der Waals surface area contributed by atoms with Crippen LogP contribution in [0.25, 0.3) is 11.0 Å². The molecule has 1 atom stereocenters. The molecule has 1 aliphatic heterocycles. The van der Waals surface area contributed by atoms with E-state index in [1.54, 1.807) is 0 Å². The number of aryl methyl sites for hydroxylation is 1. The van der Waals surface area contributed by atoms with Gasteiger partial charge >= 0.3 is 0 Å². The highest BCUT2D eigenvalue weighted by molar-refractivity contribution is 6.04. The van der Waals surface area contributed by atoms with Crippen molar-refractivity contribution in [1.82, 2.24) is 5.43 Å². The zero-order chi connectivity index (χ0) is 11.1. The summed E-state index contributed by atoms with van der Waals surface area (Å²) in [5.41, 5.74) is 6.22. The van der Waals surface area contributed by atoms with Crippen molar-refractivity contribution in [1.29, 1.82) is 0 Å². The second-order valence-corrected chi connectivity index (χ2v) is 4.35. The van der Waals surface area contributed by atoms with E-state index >= 15 is 0 Å². The lowest BCUT2D eigenvalue weighted by atomic mass is 10.1. The fraction of sp³-hybridized carbons (Fsp3) is 0.308. The SMILES string of the molecule is Cc1c(C2=NNC(C)C2)oc2ccccc12. The summed E-state index contributed by atoms with van der Waals surface area (Å²) < 4.78 is 5.86. The number of hydrogen-bond acceptors (Lipinski definition) is 3. The molecule has 1 N–H and O–H groups in total. The molecule has 1 unspecified atom stereocenters. The van der Waals surface area contributed by atoms with Crippen molar-refractivity contribution in [3.8, 4) is 0 Å². The quantitative estimate of drug-likeness (QED) is 0.792. The Kier molecular flexibility index (Phi) is 1.99. The van der Waals surface area contributed by atoms with Gasteiger partial charge in [0.25, 0.3) is 0 Å². The molecule has 16 heavy (non-hydrogen) atoms. The third-order valence-corrected chi connectivity index (χ3v) is 3.03. The van der Waals surface area contributed by atoms with Crippen molar-refractivity contribution in [3.63, 3.8) is 0 Å². The van der Waals surface area contributed by atoms with E-state index < -0.39 is 0 Å². The van der Waals surface area contributed by atoms with Gasteiger partial charge in [-0.2, -0.15) is 5.10 Å². The molecular formula is C13H14N2O. The molecule has 1 aromatic heterocycles. The first-order valence-corrected chi connectivity index (χ1v) is 5.56. The number of benzene rings is 1.